The van der Waals surface area contributed by atoms with Crippen LogP contribution >= 0.6 is 0 Å². The Morgan fingerprint density at radius 2 is 1.86 bits per heavy atom. The third-order valence-electron chi connectivity index (χ3n) is 5.77. The standard InChI is InChI=1S/C23H24FN3O/c1-13-21(27-22(25-13)26-14(2)28)20-19(23(20,3)4)16-10-11-18(24)17(12-16)15-8-6-5-7-9-15/h5-12,19-20H,1-4H3,(H2,25,26,27,28)/t19-,20+/m1/s1. The van der Waals surface area contributed by atoms with Gasteiger partial charge in [-0.3, -0.25) is 10.1 Å². The number of anilines is 1. The van der Waals surface area contributed by atoms with Crippen LogP contribution in [0.25, 0.3) is 11.1 Å². The van der Waals surface area contributed by atoms with Crippen molar-refractivity contribution in [3.8, 4) is 11.1 Å². The van der Waals surface area contributed by atoms with Crippen molar-refractivity contribution < 1.29 is 9.18 Å². The zero-order valence-corrected chi connectivity index (χ0v) is 16.5. The minimum Gasteiger partial charge on any atom is -0.328 e. The maximum absolute atomic E-state index is 14.5. The minimum absolute atomic E-state index is 0.000760. The van der Waals surface area contributed by atoms with Gasteiger partial charge in [-0.2, -0.15) is 0 Å². The number of aromatic amines is 1. The molecule has 28 heavy (non-hydrogen) atoms. The predicted octanol–water partition coefficient (Wildman–Crippen LogP) is 5.39. The molecule has 0 saturated heterocycles. The molecule has 1 fully saturated rings. The summed E-state index contributed by atoms with van der Waals surface area (Å²) in [5, 5.41) is 2.71. The molecule has 1 amide bonds. The molecule has 1 aliphatic rings. The first-order valence-corrected chi connectivity index (χ1v) is 9.48. The molecule has 0 bridgehead atoms. The lowest BCUT2D eigenvalue weighted by molar-refractivity contribution is -0.114. The Labute approximate surface area is 164 Å². The average Bonchev–Trinajstić information content (AvgIpc) is 3.03. The van der Waals surface area contributed by atoms with E-state index in [0.29, 0.717) is 11.5 Å². The zero-order valence-electron chi connectivity index (χ0n) is 16.5. The molecule has 1 aliphatic carbocycles. The number of H-pyrrole nitrogens is 1. The lowest BCUT2D eigenvalue weighted by atomic mass is 9.97. The van der Waals surface area contributed by atoms with Gasteiger partial charge in [-0.05, 0) is 41.5 Å². The number of hydrogen-bond donors (Lipinski definition) is 2. The summed E-state index contributed by atoms with van der Waals surface area (Å²) >= 11 is 0. The smallest absolute Gasteiger partial charge is 0.223 e. The molecule has 1 saturated carbocycles. The van der Waals surface area contributed by atoms with E-state index >= 15 is 0 Å². The minimum atomic E-state index is -0.214. The van der Waals surface area contributed by atoms with Crippen LogP contribution in [0.5, 0.6) is 0 Å². The molecule has 4 nitrogen and oxygen atoms in total. The van der Waals surface area contributed by atoms with E-state index in [9.17, 15) is 9.18 Å². The summed E-state index contributed by atoms with van der Waals surface area (Å²) in [6, 6.07) is 15.0. The van der Waals surface area contributed by atoms with Gasteiger partial charge in [0, 0.05) is 24.1 Å². The fourth-order valence-corrected chi connectivity index (χ4v) is 4.35. The molecule has 2 aromatic carbocycles. The Morgan fingerprint density at radius 1 is 1.14 bits per heavy atom. The molecular formula is C23H24FN3O. The molecule has 2 atom stereocenters. The molecule has 1 aromatic heterocycles. The summed E-state index contributed by atoms with van der Waals surface area (Å²) < 4.78 is 14.5. The van der Waals surface area contributed by atoms with Gasteiger partial charge in [-0.25, -0.2) is 9.37 Å². The fourth-order valence-electron chi connectivity index (χ4n) is 4.35. The van der Waals surface area contributed by atoms with Crippen LogP contribution in [-0.4, -0.2) is 15.9 Å². The monoisotopic (exact) mass is 377 g/mol. The highest BCUT2D eigenvalue weighted by molar-refractivity contribution is 5.86. The van der Waals surface area contributed by atoms with Gasteiger partial charge in [0.2, 0.25) is 11.9 Å². The van der Waals surface area contributed by atoms with E-state index < -0.39 is 0 Å². The Kier molecular flexibility index (Phi) is 4.33. The Bertz CT molecular complexity index is 1040. The van der Waals surface area contributed by atoms with Crippen LogP contribution < -0.4 is 5.32 Å². The molecule has 0 aliphatic heterocycles. The van der Waals surface area contributed by atoms with Gasteiger partial charge in [0.25, 0.3) is 0 Å². The number of imidazole rings is 1. The fraction of sp³-hybridized carbons (Fsp3) is 0.304. The zero-order chi connectivity index (χ0) is 20.1. The lowest BCUT2D eigenvalue weighted by Gasteiger charge is -2.08. The second-order valence-corrected chi connectivity index (χ2v) is 8.16. The molecule has 0 unspecified atom stereocenters. The number of aryl methyl sites for hydroxylation is 1. The van der Waals surface area contributed by atoms with Crippen molar-refractivity contribution in [2.24, 2.45) is 5.41 Å². The summed E-state index contributed by atoms with van der Waals surface area (Å²) in [5.74, 6) is 0.556. The highest BCUT2D eigenvalue weighted by Gasteiger charge is 2.60. The molecule has 5 heteroatoms. The first-order valence-electron chi connectivity index (χ1n) is 9.48. The van der Waals surface area contributed by atoms with Gasteiger partial charge in [0.1, 0.15) is 5.82 Å². The summed E-state index contributed by atoms with van der Waals surface area (Å²) in [7, 11) is 0. The number of nitrogens with zero attached hydrogens (tertiary/aromatic N) is 1. The van der Waals surface area contributed by atoms with E-state index in [2.05, 4.69) is 29.1 Å². The largest absolute Gasteiger partial charge is 0.328 e. The van der Waals surface area contributed by atoms with Crippen LogP contribution in [0.15, 0.2) is 48.5 Å². The number of benzene rings is 2. The van der Waals surface area contributed by atoms with E-state index in [1.807, 2.05) is 49.4 Å². The van der Waals surface area contributed by atoms with Gasteiger partial charge < -0.3 is 4.98 Å². The highest BCUT2D eigenvalue weighted by Crippen LogP contribution is 2.70. The maximum atomic E-state index is 14.5. The van der Waals surface area contributed by atoms with Crippen molar-refractivity contribution in [1.82, 2.24) is 9.97 Å². The average molecular weight is 377 g/mol. The molecule has 2 N–H and O–H groups in total. The van der Waals surface area contributed by atoms with Crippen LogP contribution in [-0.2, 0) is 4.79 Å². The van der Waals surface area contributed by atoms with Crippen LogP contribution in [0.4, 0.5) is 10.3 Å². The van der Waals surface area contributed by atoms with Gasteiger partial charge >= 0.3 is 0 Å². The van der Waals surface area contributed by atoms with Crippen LogP contribution in [0.3, 0.4) is 0 Å². The molecule has 4 rings (SSSR count). The number of carbonyl (C=O) groups excluding carboxylic acids is 1. The van der Waals surface area contributed by atoms with Crippen molar-refractivity contribution in [3.63, 3.8) is 0 Å². The Hall–Kier alpha value is -2.95. The molecule has 0 radical (unpaired) electrons. The second-order valence-electron chi connectivity index (χ2n) is 8.16. The van der Waals surface area contributed by atoms with Crippen molar-refractivity contribution in [2.45, 2.75) is 39.5 Å². The number of hydrogen-bond acceptors (Lipinski definition) is 2. The first kappa shape index (κ1) is 18.4. The number of carbonyl (C=O) groups is 1. The molecule has 144 valence electrons. The van der Waals surface area contributed by atoms with Crippen molar-refractivity contribution in [2.75, 3.05) is 5.32 Å². The van der Waals surface area contributed by atoms with E-state index in [1.54, 1.807) is 6.07 Å². The maximum Gasteiger partial charge on any atom is 0.223 e. The normalized spacial score (nSPS) is 20.0. The summed E-state index contributed by atoms with van der Waals surface area (Å²) in [6.07, 6.45) is 0. The van der Waals surface area contributed by atoms with Gasteiger partial charge in [0.05, 0.1) is 5.69 Å². The second kappa shape index (κ2) is 6.59. The van der Waals surface area contributed by atoms with Crippen LogP contribution in [0.2, 0.25) is 0 Å². The SMILES string of the molecule is CC(=O)Nc1nc([C@@H]2[C@@H](c3ccc(F)c(-c4ccccc4)c3)C2(C)C)c(C)[nH]1. The number of amides is 1. The quantitative estimate of drug-likeness (QED) is 0.640. The predicted molar refractivity (Wildman–Crippen MR) is 109 cm³/mol. The van der Waals surface area contributed by atoms with E-state index in [-0.39, 0.29) is 29.0 Å². The van der Waals surface area contributed by atoms with Gasteiger partial charge in [0.15, 0.2) is 0 Å². The first-order chi connectivity index (χ1) is 13.3. The van der Waals surface area contributed by atoms with Crippen LogP contribution in [0.1, 0.15) is 49.6 Å². The van der Waals surface area contributed by atoms with E-state index in [1.165, 1.54) is 6.92 Å². The summed E-state index contributed by atoms with van der Waals surface area (Å²) in [5.41, 5.74) is 4.52. The van der Waals surface area contributed by atoms with Crippen molar-refractivity contribution in [1.29, 1.82) is 0 Å². The van der Waals surface area contributed by atoms with Crippen LogP contribution in [0, 0.1) is 18.2 Å². The van der Waals surface area contributed by atoms with E-state index in [0.717, 1.165) is 22.5 Å². The number of aromatic nitrogens is 2. The Balaban J connectivity index is 1.69. The lowest BCUT2D eigenvalue weighted by Crippen LogP contribution is -2.07. The number of halogens is 1. The number of nitrogens with one attached hydrogen (secondary N) is 2. The third-order valence-corrected chi connectivity index (χ3v) is 5.77. The number of rotatable bonds is 4. The molecular weight excluding hydrogens is 353 g/mol. The highest BCUT2D eigenvalue weighted by atomic mass is 19.1. The molecule has 1 heterocycles. The summed E-state index contributed by atoms with van der Waals surface area (Å²) in [6.45, 7) is 7.85. The van der Waals surface area contributed by atoms with Crippen molar-refractivity contribution in [3.05, 3.63) is 71.3 Å². The Morgan fingerprint density at radius 3 is 2.54 bits per heavy atom. The topological polar surface area (TPSA) is 57.8 Å². The van der Waals surface area contributed by atoms with E-state index in [4.69, 9.17) is 0 Å². The van der Waals surface area contributed by atoms with Gasteiger partial charge in [-0.1, -0.05) is 50.2 Å². The van der Waals surface area contributed by atoms with Gasteiger partial charge in [-0.15, -0.1) is 0 Å². The van der Waals surface area contributed by atoms with Crippen molar-refractivity contribution >= 4 is 11.9 Å². The molecule has 3 aromatic rings. The third kappa shape index (κ3) is 3.11. The summed E-state index contributed by atoms with van der Waals surface area (Å²) in [4.78, 5) is 19.1. The molecule has 0 spiro atoms.